The maximum absolute atomic E-state index is 13.7. The molecule has 1 saturated carbocycles. The first-order valence-electron chi connectivity index (χ1n) is 9.56. The summed E-state index contributed by atoms with van der Waals surface area (Å²) in [6.45, 7) is 1.38. The summed E-state index contributed by atoms with van der Waals surface area (Å²) in [7, 11) is 0. The van der Waals surface area contributed by atoms with Crippen LogP contribution in [0, 0.1) is 11.6 Å². The van der Waals surface area contributed by atoms with Gasteiger partial charge in [0.15, 0.2) is 0 Å². The van der Waals surface area contributed by atoms with E-state index in [1.807, 2.05) is 12.1 Å². The lowest BCUT2D eigenvalue weighted by atomic mass is 10.0. The van der Waals surface area contributed by atoms with Gasteiger partial charge in [-0.1, -0.05) is 42.5 Å². The second-order valence-corrected chi connectivity index (χ2v) is 7.26. The second kappa shape index (κ2) is 8.07. The maximum Gasteiger partial charge on any atom is 0.225 e. The summed E-state index contributed by atoms with van der Waals surface area (Å²) in [5.41, 5.74) is 1.26. The molecule has 1 amide bonds. The van der Waals surface area contributed by atoms with Gasteiger partial charge in [0.25, 0.3) is 0 Å². The molecule has 0 atom stereocenters. The van der Waals surface area contributed by atoms with Crippen LogP contribution in [0.15, 0.2) is 60.7 Å². The molecule has 0 aromatic heterocycles. The summed E-state index contributed by atoms with van der Waals surface area (Å²) < 4.78 is 26.7. The Morgan fingerprint density at radius 2 is 1.82 bits per heavy atom. The van der Waals surface area contributed by atoms with E-state index in [1.165, 1.54) is 22.4 Å². The van der Waals surface area contributed by atoms with Crippen molar-refractivity contribution in [3.05, 3.63) is 77.9 Å². The molecule has 5 heteroatoms. The molecular weight excluding hydrogens is 358 g/mol. The average molecular weight is 380 g/mol. The molecule has 4 rings (SSSR count). The Bertz CT molecular complexity index is 996. The minimum Gasteiger partial charge on any atom is -0.324 e. The van der Waals surface area contributed by atoms with E-state index in [-0.39, 0.29) is 18.0 Å². The van der Waals surface area contributed by atoms with Crippen LogP contribution in [0.5, 0.6) is 0 Å². The zero-order valence-corrected chi connectivity index (χ0v) is 15.5. The SMILES string of the molecule is O=C(CCN(Cc1cccc2ccccc12)C1CC1)Nc1ccc(F)cc1F. The molecule has 0 heterocycles. The molecular formula is C23H22F2N2O. The molecule has 1 aliphatic rings. The van der Waals surface area contributed by atoms with Gasteiger partial charge in [-0.15, -0.1) is 0 Å². The third-order valence-electron chi connectivity index (χ3n) is 5.15. The van der Waals surface area contributed by atoms with Crippen molar-refractivity contribution in [2.24, 2.45) is 0 Å². The zero-order valence-electron chi connectivity index (χ0n) is 15.5. The fraction of sp³-hybridized carbons (Fsp3) is 0.261. The van der Waals surface area contributed by atoms with Gasteiger partial charge in [0.05, 0.1) is 5.69 Å². The van der Waals surface area contributed by atoms with Crippen LogP contribution < -0.4 is 5.32 Å². The van der Waals surface area contributed by atoms with Gasteiger partial charge >= 0.3 is 0 Å². The van der Waals surface area contributed by atoms with Gasteiger partial charge in [0, 0.05) is 31.6 Å². The van der Waals surface area contributed by atoms with Crippen molar-refractivity contribution >= 4 is 22.4 Å². The lowest BCUT2D eigenvalue weighted by molar-refractivity contribution is -0.116. The zero-order chi connectivity index (χ0) is 19.5. The summed E-state index contributed by atoms with van der Waals surface area (Å²) in [6, 6.07) is 18.2. The number of fused-ring (bicyclic) bond motifs is 1. The highest BCUT2D eigenvalue weighted by atomic mass is 19.1. The molecule has 3 aromatic rings. The minimum atomic E-state index is -0.761. The highest BCUT2D eigenvalue weighted by Crippen LogP contribution is 2.30. The number of amides is 1. The van der Waals surface area contributed by atoms with Crippen molar-refractivity contribution in [2.75, 3.05) is 11.9 Å². The fourth-order valence-electron chi connectivity index (χ4n) is 3.53. The quantitative estimate of drug-likeness (QED) is 0.618. The van der Waals surface area contributed by atoms with Crippen LogP contribution in [0.3, 0.4) is 0 Å². The predicted octanol–water partition coefficient (Wildman–Crippen LogP) is 5.11. The van der Waals surface area contributed by atoms with Crippen LogP contribution in [0.2, 0.25) is 0 Å². The summed E-state index contributed by atoms with van der Waals surface area (Å²) in [4.78, 5) is 14.6. The van der Waals surface area contributed by atoms with Gasteiger partial charge in [-0.25, -0.2) is 8.78 Å². The van der Waals surface area contributed by atoms with Gasteiger partial charge in [-0.2, -0.15) is 0 Å². The van der Waals surface area contributed by atoms with E-state index < -0.39 is 11.6 Å². The number of benzene rings is 3. The Morgan fingerprint density at radius 1 is 1.04 bits per heavy atom. The number of hydrogen-bond acceptors (Lipinski definition) is 2. The molecule has 0 unspecified atom stereocenters. The van der Waals surface area contributed by atoms with E-state index in [0.717, 1.165) is 31.5 Å². The van der Waals surface area contributed by atoms with Gasteiger partial charge < -0.3 is 5.32 Å². The van der Waals surface area contributed by atoms with Gasteiger partial charge in [-0.3, -0.25) is 9.69 Å². The molecule has 1 fully saturated rings. The Kier molecular flexibility index (Phi) is 5.35. The number of hydrogen-bond donors (Lipinski definition) is 1. The third-order valence-corrected chi connectivity index (χ3v) is 5.15. The number of rotatable bonds is 7. The molecule has 0 saturated heterocycles. The average Bonchev–Trinajstić information content (AvgIpc) is 3.53. The molecule has 3 aromatic carbocycles. The molecule has 0 aliphatic heterocycles. The van der Waals surface area contributed by atoms with E-state index in [0.29, 0.717) is 12.6 Å². The van der Waals surface area contributed by atoms with E-state index >= 15 is 0 Å². The largest absolute Gasteiger partial charge is 0.324 e. The van der Waals surface area contributed by atoms with Crippen LogP contribution in [0.1, 0.15) is 24.8 Å². The van der Waals surface area contributed by atoms with Crippen molar-refractivity contribution in [2.45, 2.75) is 31.8 Å². The molecule has 3 nitrogen and oxygen atoms in total. The first-order chi connectivity index (χ1) is 13.6. The van der Waals surface area contributed by atoms with Crippen LogP contribution in [-0.2, 0) is 11.3 Å². The predicted molar refractivity (Wildman–Crippen MR) is 107 cm³/mol. The summed E-state index contributed by atoms with van der Waals surface area (Å²) in [5, 5.41) is 4.98. The topological polar surface area (TPSA) is 32.3 Å². The summed E-state index contributed by atoms with van der Waals surface area (Å²) >= 11 is 0. The molecule has 0 bridgehead atoms. The standard InChI is InChI=1S/C23H22F2N2O/c24-18-8-11-22(21(25)14-18)26-23(28)12-13-27(19-9-10-19)15-17-6-3-5-16-4-1-2-7-20(16)17/h1-8,11,14,19H,9-10,12-13,15H2,(H,26,28). The summed E-state index contributed by atoms with van der Waals surface area (Å²) in [5.74, 6) is -1.69. The van der Waals surface area contributed by atoms with Crippen LogP contribution in [0.25, 0.3) is 10.8 Å². The number of nitrogens with one attached hydrogen (secondary N) is 1. The Balaban J connectivity index is 1.41. The molecule has 1 N–H and O–H groups in total. The number of carbonyl (C=O) groups excluding carboxylic acids is 1. The maximum atomic E-state index is 13.7. The van der Waals surface area contributed by atoms with Crippen molar-refractivity contribution in [3.63, 3.8) is 0 Å². The first-order valence-corrected chi connectivity index (χ1v) is 9.56. The molecule has 0 spiro atoms. The van der Waals surface area contributed by atoms with E-state index in [2.05, 4.69) is 40.5 Å². The van der Waals surface area contributed by atoms with Gasteiger partial charge in [0.1, 0.15) is 11.6 Å². The minimum absolute atomic E-state index is 0.0124. The van der Waals surface area contributed by atoms with Crippen molar-refractivity contribution in [1.82, 2.24) is 4.90 Å². The number of anilines is 1. The van der Waals surface area contributed by atoms with E-state index in [1.54, 1.807) is 0 Å². The Morgan fingerprint density at radius 3 is 2.61 bits per heavy atom. The van der Waals surface area contributed by atoms with Crippen LogP contribution >= 0.6 is 0 Å². The third kappa shape index (κ3) is 4.37. The lowest BCUT2D eigenvalue weighted by Crippen LogP contribution is -2.29. The van der Waals surface area contributed by atoms with Crippen LogP contribution in [0.4, 0.5) is 14.5 Å². The Labute approximate surface area is 163 Å². The molecule has 1 aliphatic carbocycles. The Hall–Kier alpha value is -2.79. The molecule has 28 heavy (non-hydrogen) atoms. The van der Waals surface area contributed by atoms with Crippen molar-refractivity contribution in [3.8, 4) is 0 Å². The highest BCUT2D eigenvalue weighted by Gasteiger charge is 2.29. The number of halogens is 2. The van der Waals surface area contributed by atoms with Gasteiger partial charge in [-0.05, 0) is 41.3 Å². The normalized spacial score (nSPS) is 13.8. The lowest BCUT2D eigenvalue weighted by Gasteiger charge is -2.22. The smallest absolute Gasteiger partial charge is 0.225 e. The van der Waals surface area contributed by atoms with E-state index in [9.17, 15) is 13.6 Å². The van der Waals surface area contributed by atoms with Crippen molar-refractivity contribution < 1.29 is 13.6 Å². The molecule has 144 valence electrons. The van der Waals surface area contributed by atoms with Crippen molar-refractivity contribution in [1.29, 1.82) is 0 Å². The summed E-state index contributed by atoms with van der Waals surface area (Å²) in [6.07, 6.45) is 2.54. The van der Waals surface area contributed by atoms with Gasteiger partial charge in [0.2, 0.25) is 5.91 Å². The highest BCUT2D eigenvalue weighted by molar-refractivity contribution is 5.91. The second-order valence-electron chi connectivity index (χ2n) is 7.26. The fourth-order valence-corrected chi connectivity index (χ4v) is 3.53. The molecule has 0 radical (unpaired) electrons. The monoisotopic (exact) mass is 380 g/mol. The van der Waals surface area contributed by atoms with E-state index in [4.69, 9.17) is 0 Å². The number of carbonyl (C=O) groups is 1. The first kappa shape index (κ1) is 18.6. The van der Waals surface area contributed by atoms with Crippen LogP contribution in [-0.4, -0.2) is 23.4 Å². The number of nitrogens with zero attached hydrogens (tertiary/aromatic N) is 1.